The van der Waals surface area contributed by atoms with E-state index in [-0.39, 0.29) is 12.2 Å². The van der Waals surface area contributed by atoms with Crippen LogP contribution in [-0.2, 0) is 16.1 Å². The SMILES string of the molecule is C=CCOc1ccc([C@H]2C(C(=O)OCC)=C(C)N=c3s/c(=C\c4cc(OC)c(OCc5ccccc5)cc4Br)c(=O)n32)cc1. The zero-order valence-corrected chi connectivity index (χ0v) is 26.9. The van der Waals surface area contributed by atoms with Crippen LogP contribution in [0.15, 0.2) is 105 Å². The molecule has 0 spiro atoms. The Bertz CT molecular complexity index is 1890. The van der Waals surface area contributed by atoms with Crippen molar-refractivity contribution in [1.29, 1.82) is 0 Å². The molecule has 0 saturated carbocycles. The van der Waals surface area contributed by atoms with E-state index in [0.717, 1.165) is 21.2 Å². The summed E-state index contributed by atoms with van der Waals surface area (Å²) in [6.07, 6.45) is 3.44. The molecule has 0 unspecified atom stereocenters. The van der Waals surface area contributed by atoms with E-state index in [1.54, 1.807) is 49.8 Å². The summed E-state index contributed by atoms with van der Waals surface area (Å²) in [7, 11) is 1.57. The highest BCUT2D eigenvalue weighted by atomic mass is 79.9. The third-order valence-electron chi connectivity index (χ3n) is 6.89. The first-order chi connectivity index (χ1) is 21.3. The van der Waals surface area contributed by atoms with Crippen LogP contribution in [0.4, 0.5) is 0 Å². The lowest BCUT2D eigenvalue weighted by Crippen LogP contribution is -2.39. The van der Waals surface area contributed by atoms with Crippen molar-refractivity contribution in [2.45, 2.75) is 26.5 Å². The third-order valence-corrected chi connectivity index (χ3v) is 8.56. The number of hydrogen-bond donors (Lipinski definition) is 0. The number of ether oxygens (including phenoxy) is 4. The second kappa shape index (κ2) is 13.9. The van der Waals surface area contributed by atoms with Gasteiger partial charge in [0.1, 0.15) is 19.0 Å². The summed E-state index contributed by atoms with van der Waals surface area (Å²) < 4.78 is 25.4. The van der Waals surface area contributed by atoms with Crippen molar-refractivity contribution in [2.24, 2.45) is 4.99 Å². The molecule has 2 heterocycles. The molecule has 0 amide bonds. The van der Waals surface area contributed by atoms with Gasteiger partial charge in [0.2, 0.25) is 0 Å². The number of esters is 1. The molecular weight excluding hydrogens is 644 g/mol. The predicted octanol–water partition coefficient (Wildman–Crippen LogP) is 5.71. The minimum atomic E-state index is -0.729. The molecule has 0 bridgehead atoms. The summed E-state index contributed by atoms with van der Waals surface area (Å²) in [5.41, 5.74) is 3.01. The molecule has 1 aromatic heterocycles. The predicted molar refractivity (Wildman–Crippen MR) is 174 cm³/mol. The van der Waals surface area contributed by atoms with Crippen LogP contribution in [0, 0.1) is 0 Å². The maximum Gasteiger partial charge on any atom is 0.338 e. The van der Waals surface area contributed by atoms with Gasteiger partial charge in [-0.3, -0.25) is 9.36 Å². The monoisotopic (exact) mass is 674 g/mol. The molecule has 0 fully saturated rings. The van der Waals surface area contributed by atoms with Crippen molar-refractivity contribution in [3.8, 4) is 17.2 Å². The number of methoxy groups -OCH3 is 1. The number of benzene rings is 3. The van der Waals surface area contributed by atoms with Gasteiger partial charge in [0, 0.05) is 4.47 Å². The van der Waals surface area contributed by atoms with Crippen molar-refractivity contribution < 1.29 is 23.7 Å². The fourth-order valence-electron chi connectivity index (χ4n) is 4.82. The van der Waals surface area contributed by atoms with Crippen LogP contribution < -0.4 is 29.1 Å². The van der Waals surface area contributed by atoms with Crippen LogP contribution in [0.3, 0.4) is 0 Å². The number of nitrogens with zero attached hydrogens (tertiary/aromatic N) is 2. The van der Waals surface area contributed by atoms with Gasteiger partial charge < -0.3 is 18.9 Å². The third kappa shape index (κ3) is 6.56. The van der Waals surface area contributed by atoms with Crippen molar-refractivity contribution >= 4 is 39.3 Å². The van der Waals surface area contributed by atoms with Gasteiger partial charge in [-0.05, 0) is 60.9 Å². The topological polar surface area (TPSA) is 88.4 Å². The molecule has 0 radical (unpaired) electrons. The number of carbonyl (C=O) groups excluding carboxylic acids is 1. The van der Waals surface area contributed by atoms with Gasteiger partial charge in [-0.25, -0.2) is 9.79 Å². The van der Waals surface area contributed by atoms with E-state index in [4.69, 9.17) is 18.9 Å². The van der Waals surface area contributed by atoms with Crippen LogP contribution in [0.5, 0.6) is 17.2 Å². The Morgan fingerprint density at radius 1 is 1.09 bits per heavy atom. The van der Waals surface area contributed by atoms with Crippen LogP contribution in [0.2, 0.25) is 0 Å². The summed E-state index contributed by atoms with van der Waals surface area (Å²) in [5, 5.41) is 0. The van der Waals surface area contributed by atoms with Crippen LogP contribution in [0.1, 0.15) is 36.6 Å². The van der Waals surface area contributed by atoms with Gasteiger partial charge in [0.25, 0.3) is 5.56 Å². The lowest BCUT2D eigenvalue weighted by Gasteiger charge is -2.24. The number of carbonyl (C=O) groups is 1. The lowest BCUT2D eigenvalue weighted by atomic mass is 9.96. The van der Waals surface area contributed by atoms with E-state index < -0.39 is 12.0 Å². The van der Waals surface area contributed by atoms with Crippen LogP contribution in [0.25, 0.3) is 6.08 Å². The van der Waals surface area contributed by atoms with Crippen LogP contribution in [-0.4, -0.2) is 30.9 Å². The molecule has 0 aliphatic carbocycles. The number of rotatable bonds is 11. The number of aromatic nitrogens is 1. The van der Waals surface area contributed by atoms with Gasteiger partial charge in [0.05, 0.1) is 35.6 Å². The minimum Gasteiger partial charge on any atom is -0.493 e. The molecule has 4 aromatic rings. The Kier molecular flexibility index (Phi) is 9.82. The fourth-order valence-corrected chi connectivity index (χ4v) is 6.29. The van der Waals surface area contributed by atoms with Gasteiger partial charge >= 0.3 is 5.97 Å². The maximum atomic E-state index is 14.0. The number of fused-ring (bicyclic) bond motifs is 1. The van der Waals surface area contributed by atoms with Crippen LogP contribution >= 0.6 is 27.3 Å². The number of halogens is 1. The Hall–Kier alpha value is -4.41. The summed E-state index contributed by atoms with van der Waals surface area (Å²) in [6.45, 7) is 8.12. The molecule has 226 valence electrons. The van der Waals surface area contributed by atoms with Crippen molar-refractivity contribution in [2.75, 3.05) is 20.3 Å². The molecule has 10 heteroatoms. The molecular formula is C34H31BrN2O6S. The fraction of sp³-hybridized carbons (Fsp3) is 0.206. The van der Waals surface area contributed by atoms with Crippen molar-refractivity contribution in [3.05, 3.63) is 132 Å². The molecule has 0 N–H and O–H groups in total. The molecule has 44 heavy (non-hydrogen) atoms. The molecule has 8 nitrogen and oxygen atoms in total. The van der Waals surface area contributed by atoms with Crippen molar-refractivity contribution in [3.63, 3.8) is 0 Å². The Labute approximate surface area is 267 Å². The molecule has 3 aromatic carbocycles. The average Bonchev–Trinajstić information content (AvgIpc) is 3.33. The lowest BCUT2D eigenvalue weighted by molar-refractivity contribution is -0.139. The standard InChI is InChI=1S/C34H31BrN2O6S/c1-5-16-42-25-14-12-23(13-15-25)31-30(33(39)41-6-2)21(3)36-34-37(31)32(38)29(44-34)18-24-17-27(40-4)28(19-26(24)35)43-20-22-10-8-7-9-11-22/h5,7-15,17-19,31H,1,6,16,20H2,2-4H3/b29-18-/t31-/m0/s1. The number of hydrogen-bond acceptors (Lipinski definition) is 8. The highest BCUT2D eigenvalue weighted by Gasteiger charge is 2.33. The van der Waals surface area contributed by atoms with E-state index in [2.05, 4.69) is 27.5 Å². The quantitative estimate of drug-likeness (QED) is 0.150. The second-order valence-corrected chi connectivity index (χ2v) is 11.6. The zero-order chi connectivity index (χ0) is 31.2. The largest absolute Gasteiger partial charge is 0.493 e. The highest BCUT2D eigenvalue weighted by molar-refractivity contribution is 9.10. The molecule has 0 saturated heterocycles. The molecule has 1 aliphatic heterocycles. The first-order valence-electron chi connectivity index (χ1n) is 13.9. The Morgan fingerprint density at radius 3 is 2.52 bits per heavy atom. The summed E-state index contributed by atoms with van der Waals surface area (Å²) in [6, 6.07) is 20.1. The van der Waals surface area contributed by atoms with E-state index >= 15 is 0 Å². The van der Waals surface area contributed by atoms with Gasteiger partial charge in [-0.1, -0.05) is 82.4 Å². The highest BCUT2D eigenvalue weighted by Crippen LogP contribution is 2.35. The average molecular weight is 676 g/mol. The van der Waals surface area contributed by atoms with Gasteiger partial charge in [-0.2, -0.15) is 0 Å². The first kappa shape index (κ1) is 31.0. The first-order valence-corrected chi connectivity index (χ1v) is 15.5. The number of thiazole rings is 1. The van der Waals surface area contributed by atoms with Crippen molar-refractivity contribution in [1.82, 2.24) is 4.57 Å². The molecule has 5 rings (SSSR count). The maximum absolute atomic E-state index is 14.0. The Balaban J connectivity index is 1.57. The minimum absolute atomic E-state index is 0.196. The molecule has 1 aliphatic rings. The normalized spacial score (nSPS) is 14.5. The Morgan fingerprint density at radius 2 is 1.84 bits per heavy atom. The number of allylic oxidation sites excluding steroid dienone is 1. The summed E-state index contributed by atoms with van der Waals surface area (Å²) in [5.74, 6) is 1.23. The summed E-state index contributed by atoms with van der Waals surface area (Å²) >= 11 is 4.88. The smallest absolute Gasteiger partial charge is 0.338 e. The van der Waals surface area contributed by atoms with Gasteiger partial charge in [-0.15, -0.1) is 0 Å². The summed E-state index contributed by atoms with van der Waals surface area (Å²) in [4.78, 5) is 32.4. The zero-order valence-electron chi connectivity index (χ0n) is 24.5. The van der Waals surface area contributed by atoms with E-state index in [9.17, 15) is 9.59 Å². The van der Waals surface area contributed by atoms with Gasteiger partial charge in [0.15, 0.2) is 16.3 Å². The van der Waals surface area contributed by atoms with E-state index in [1.807, 2.05) is 54.6 Å². The second-order valence-electron chi connectivity index (χ2n) is 9.77. The molecule has 1 atom stereocenters. The van der Waals surface area contributed by atoms with E-state index in [0.29, 0.717) is 51.1 Å². The van der Waals surface area contributed by atoms with E-state index in [1.165, 1.54) is 11.3 Å².